The molecule has 2 aliphatic rings. The Bertz CT molecular complexity index is 782. The number of sulfonamides is 1. The molecule has 1 heterocycles. The Morgan fingerprint density at radius 3 is 2.78 bits per heavy atom. The van der Waals surface area contributed by atoms with Crippen molar-refractivity contribution in [2.24, 2.45) is 5.73 Å². The van der Waals surface area contributed by atoms with E-state index >= 15 is 0 Å². The fraction of sp³-hybridized carbons (Fsp3) is 0.632. The summed E-state index contributed by atoms with van der Waals surface area (Å²) in [6.07, 6.45) is 4.20. The molecule has 1 saturated carbocycles. The van der Waals surface area contributed by atoms with Gasteiger partial charge in [0.25, 0.3) is 0 Å². The van der Waals surface area contributed by atoms with Crippen molar-refractivity contribution in [3.05, 3.63) is 34.9 Å². The molecule has 3 rings (SSSR count). The summed E-state index contributed by atoms with van der Waals surface area (Å²) < 4.78 is 26.2. The van der Waals surface area contributed by atoms with Crippen LogP contribution in [0.25, 0.3) is 0 Å². The SMILES string of the molecule is CN(C[C@@H]1CCC[NH+]1C(=O)C[C@H](N)Cc1cccc(Cl)c1)S(=O)(=O)C1CC1. The van der Waals surface area contributed by atoms with E-state index < -0.39 is 10.0 Å². The zero-order valence-electron chi connectivity index (χ0n) is 15.7. The van der Waals surface area contributed by atoms with Crippen molar-refractivity contribution in [1.29, 1.82) is 0 Å². The number of hydrogen-bond donors (Lipinski definition) is 2. The molecule has 150 valence electrons. The molecule has 1 aromatic carbocycles. The summed E-state index contributed by atoms with van der Waals surface area (Å²) in [5.41, 5.74) is 7.22. The van der Waals surface area contributed by atoms with Gasteiger partial charge in [0.05, 0.1) is 24.8 Å². The number of carbonyl (C=O) groups is 1. The van der Waals surface area contributed by atoms with Gasteiger partial charge in [-0.1, -0.05) is 23.7 Å². The predicted molar refractivity (Wildman–Crippen MR) is 106 cm³/mol. The van der Waals surface area contributed by atoms with E-state index in [1.807, 2.05) is 24.3 Å². The molecule has 1 amide bonds. The third-order valence-corrected chi connectivity index (χ3v) is 8.11. The number of likely N-dealkylation sites (N-methyl/N-ethyl adjacent to an activating group) is 1. The second-order valence-electron chi connectivity index (χ2n) is 7.86. The molecule has 1 aliphatic heterocycles. The van der Waals surface area contributed by atoms with Crippen molar-refractivity contribution in [3.8, 4) is 0 Å². The average Bonchev–Trinajstić information content (AvgIpc) is 3.35. The van der Waals surface area contributed by atoms with Gasteiger partial charge in [0.15, 0.2) is 0 Å². The van der Waals surface area contributed by atoms with E-state index in [9.17, 15) is 13.2 Å². The number of rotatable bonds is 8. The number of quaternary nitrogens is 1. The number of nitrogens with one attached hydrogen (secondary N) is 1. The first-order valence-electron chi connectivity index (χ1n) is 9.61. The number of nitrogens with two attached hydrogens (primary N) is 1. The predicted octanol–water partition coefficient (Wildman–Crippen LogP) is 0.598. The van der Waals surface area contributed by atoms with E-state index in [-0.39, 0.29) is 29.7 Å². The molecule has 8 heteroatoms. The van der Waals surface area contributed by atoms with Gasteiger partial charge in [-0.05, 0) is 37.0 Å². The van der Waals surface area contributed by atoms with E-state index in [4.69, 9.17) is 17.3 Å². The summed E-state index contributed by atoms with van der Waals surface area (Å²) in [4.78, 5) is 13.7. The van der Waals surface area contributed by atoms with Crippen LogP contribution in [0.1, 0.15) is 37.7 Å². The smallest absolute Gasteiger partial charge is 0.313 e. The normalized spacial score (nSPS) is 24.3. The molecule has 1 aliphatic carbocycles. The number of benzene rings is 1. The maximum Gasteiger partial charge on any atom is 0.313 e. The fourth-order valence-electron chi connectivity index (χ4n) is 3.93. The summed E-state index contributed by atoms with van der Waals surface area (Å²) in [5, 5.41) is 0.449. The minimum absolute atomic E-state index is 0.0226. The van der Waals surface area contributed by atoms with Gasteiger partial charge in [-0.15, -0.1) is 0 Å². The van der Waals surface area contributed by atoms with Gasteiger partial charge in [-0.3, -0.25) is 4.90 Å². The zero-order valence-corrected chi connectivity index (χ0v) is 17.3. The van der Waals surface area contributed by atoms with Gasteiger partial charge in [0.1, 0.15) is 6.04 Å². The molecule has 1 saturated heterocycles. The minimum atomic E-state index is -3.20. The molecule has 3 atom stereocenters. The Morgan fingerprint density at radius 1 is 1.37 bits per heavy atom. The minimum Gasteiger partial charge on any atom is -0.327 e. The third-order valence-electron chi connectivity index (χ3n) is 5.54. The van der Waals surface area contributed by atoms with E-state index in [0.29, 0.717) is 18.0 Å². The molecule has 0 bridgehead atoms. The zero-order chi connectivity index (χ0) is 19.6. The van der Waals surface area contributed by atoms with Crippen LogP contribution in [0.3, 0.4) is 0 Å². The second kappa shape index (κ2) is 8.57. The van der Waals surface area contributed by atoms with E-state index in [2.05, 4.69) is 0 Å². The topological polar surface area (TPSA) is 84.9 Å². The number of likely N-dealkylation sites (tertiary alicyclic amines) is 1. The largest absolute Gasteiger partial charge is 0.327 e. The molecule has 1 aromatic rings. The maximum absolute atomic E-state index is 12.8. The molecule has 0 aromatic heterocycles. The van der Waals surface area contributed by atoms with E-state index in [1.54, 1.807) is 7.05 Å². The lowest BCUT2D eigenvalue weighted by molar-refractivity contribution is -0.833. The van der Waals surface area contributed by atoms with Crippen LogP contribution in [0, 0.1) is 0 Å². The van der Waals surface area contributed by atoms with E-state index in [1.165, 1.54) is 4.31 Å². The molecule has 2 fully saturated rings. The van der Waals surface area contributed by atoms with Crippen molar-refractivity contribution in [2.45, 2.75) is 55.9 Å². The molecule has 27 heavy (non-hydrogen) atoms. The Balaban J connectivity index is 1.55. The van der Waals surface area contributed by atoms with Crippen molar-refractivity contribution < 1.29 is 18.1 Å². The average molecular weight is 415 g/mol. The lowest BCUT2D eigenvalue weighted by Gasteiger charge is -2.25. The lowest BCUT2D eigenvalue weighted by atomic mass is 10.0. The first-order valence-corrected chi connectivity index (χ1v) is 11.5. The monoisotopic (exact) mass is 414 g/mol. The van der Waals surface area contributed by atoms with Crippen LogP contribution in [-0.4, -0.2) is 56.1 Å². The highest BCUT2D eigenvalue weighted by molar-refractivity contribution is 7.90. The highest BCUT2D eigenvalue weighted by Crippen LogP contribution is 2.30. The lowest BCUT2D eigenvalue weighted by Crippen LogP contribution is -3.17. The molecule has 6 nitrogen and oxygen atoms in total. The Morgan fingerprint density at radius 2 is 2.11 bits per heavy atom. The maximum atomic E-state index is 12.8. The summed E-state index contributed by atoms with van der Waals surface area (Å²) in [6.45, 7) is 1.16. The van der Waals surface area contributed by atoms with Crippen LogP contribution >= 0.6 is 11.6 Å². The molecular formula is C19H29ClN3O3S+. The van der Waals surface area contributed by atoms with Crippen molar-refractivity contribution >= 4 is 27.5 Å². The standard InChI is InChI=1S/C19H28ClN3O3S/c1-22(27(25,26)18-7-8-18)13-17-6-3-9-23(17)19(24)12-16(21)11-14-4-2-5-15(20)10-14/h2,4-5,10,16-18H,3,6-9,11-13,21H2,1H3/p+1/t16-,17+/m1/s1. The third kappa shape index (κ3) is 5.29. The van der Waals surface area contributed by atoms with Gasteiger partial charge in [-0.2, -0.15) is 4.31 Å². The first-order chi connectivity index (χ1) is 12.8. The van der Waals surface area contributed by atoms with E-state index in [0.717, 1.165) is 42.7 Å². The molecule has 0 spiro atoms. The van der Waals surface area contributed by atoms with Gasteiger partial charge in [0.2, 0.25) is 10.0 Å². The van der Waals surface area contributed by atoms with Gasteiger partial charge in [0, 0.05) is 31.0 Å². The first kappa shape index (κ1) is 20.7. The van der Waals surface area contributed by atoms with Crippen molar-refractivity contribution in [2.75, 3.05) is 20.1 Å². The molecular weight excluding hydrogens is 386 g/mol. The summed E-state index contributed by atoms with van der Waals surface area (Å²) in [5.74, 6) is 0.0873. The number of amides is 1. The number of carbonyl (C=O) groups excluding carboxylic acids is 1. The number of nitrogens with zero attached hydrogens (tertiary/aromatic N) is 1. The molecule has 3 N–H and O–H groups in total. The summed E-state index contributed by atoms with van der Waals surface area (Å²) in [7, 11) is -1.56. The number of hydrogen-bond acceptors (Lipinski definition) is 4. The molecule has 1 unspecified atom stereocenters. The van der Waals surface area contributed by atoms with Gasteiger partial charge < -0.3 is 5.73 Å². The van der Waals surface area contributed by atoms with Crippen LogP contribution in [0.15, 0.2) is 24.3 Å². The van der Waals surface area contributed by atoms with Crippen molar-refractivity contribution in [3.63, 3.8) is 0 Å². The highest BCUT2D eigenvalue weighted by Gasteiger charge is 2.42. The summed E-state index contributed by atoms with van der Waals surface area (Å²) in [6, 6.07) is 7.28. The van der Waals surface area contributed by atoms with Gasteiger partial charge >= 0.3 is 5.91 Å². The summed E-state index contributed by atoms with van der Waals surface area (Å²) >= 11 is 6.00. The Labute approximate surface area is 166 Å². The highest BCUT2D eigenvalue weighted by atomic mass is 35.5. The second-order valence-corrected chi connectivity index (χ2v) is 10.6. The number of halogens is 1. The van der Waals surface area contributed by atoms with Crippen LogP contribution in [-0.2, 0) is 21.2 Å². The van der Waals surface area contributed by atoms with Crippen LogP contribution in [0.5, 0.6) is 0 Å². The Kier molecular flexibility index (Phi) is 6.58. The van der Waals surface area contributed by atoms with Crippen LogP contribution < -0.4 is 10.6 Å². The fourth-order valence-corrected chi connectivity index (χ4v) is 5.77. The van der Waals surface area contributed by atoms with Crippen LogP contribution in [0.4, 0.5) is 0 Å². The molecule has 0 radical (unpaired) electrons. The Hall–Kier alpha value is -0.990. The van der Waals surface area contributed by atoms with Gasteiger partial charge in [-0.25, -0.2) is 13.2 Å². The van der Waals surface area contributed by atoms with Crippen molar-refractivity contribution in [1.82, 2.24) is 4.31 Å². The van der Waals surface area contributed by atoms with Crippen LogP contribution in [0.2, 0.25) is 5.02 Å². The quantitative estimate of drug-likeness (QED) is 0.652.